The summed E-state index contributed by atoms with van der Waals surface area (Å²) in [5, 5.41) is 0. The van der Waals surface area contributed by atoms with Gasteiger partial charge in [-0.25, -0.2) is 18.1 Å². The molecule has 3 aromatic rings. The molecule has 0 bridgehead atoms. The van der Waals surface area contributed by atoms with Gasteiger partial charge in [0.2, 0.25) is 10.0 Å². The maximum absolute atomic E-state index is 11.9. The van der Waals surface area contributed by atoms with Crippen LogP contribution in [0.1, 0.15) is 0 Å². The second-order valence-corrected chi connectivity index (χ2v) is 6.50. The summed E-state index contributed by atoms with van der Waals surface area (Å²) in [7, 11) is -2.08. The van der Waals surface area contributed by atoms with Gasteiger partial charge in [0.15, 0.2) is 0 Å². The molecule has 0 unspecified atom stereocenters. The second-order valence-electron chi connectivity index (χ2n) is 4.61. The lowest BCUT2D eigenvalue weighted by Gasteiger charge is -2.04. The van der Waals surface area contributed by atoms with Crippen molar-refractivity contribution in [3.05, 3.63) is 61.3 Å². The van der Waals surface area contributed by atoms with E-state index in [1.165, 1.54) is 7.05 Å². The van der Waals surface area contributed by atoms with Crippen LogP contribution in [0, 0.1) is 0 Å². The Morgan fingerprint density at radius 3 is 2.77 bits per heavy atom. The molecule has 3 rings (SSSR count). The Balaban J connectivity index is 1.99. The minimum absolute atomic E-state index is 0.212. The molecule has 0 aliphatic carbocycles. The zero-order valence-electron chi connectivity index (χ0n) is 11.8. The summed E-state index contributed by atoms with van der Waals surface area (Å²) < 4.78 is 27.9. The van der Waals surface area contributed by atoms with Crippen LogP contribution in [0.25, 0.3) is 16.9 Å². The highest BCUT2D eigenvalue weighted by Gasteiger charge is 2.13. The lowest BCUT2D eigenvalue weighted by molar-refractivity contribution is 0.588. The summed E-state index contributed by atoms with van der Waals surface area (Å²) >= 11 is 0. The predicted octanol–water partition coefficient (Wildman–Crippen LogP) is 1.84. The Labute approximate surface area is 128 Å². The van der Waals surface area contributed by atoms with Crippen LogP contribution in [-0.2, 0) is 10.0 Å². The molecule has 2 heterocycles. The number of nitrogens with one attached hydrogen (secondary N) is 1. The van der Waals surface area contributed by atoms with Crippen molar-refractivity contribution in [1.29, 1.82) is 0 Å². The summed E-state index contributed by atoms with van der Waals surface area (Å²) in [5.74, 6) is 0. The first-order valence-electron chi connectivity index (χ1n) is 6.58. The van der Waals surface area contributed by atoms with Gasteiger partial charge in [0, 0.05) is 18.0 Å². The molecule has 0 amide bonds. The van der Waals surface area contributed by atoms with E-state index in [0.29, 0.717) is 5.69 Å². The summed E-state index contributed by atoms with van der Waals surface area (Å²) in [6.07, 6.45) is 6.94. The third-order valence-corrected chi connectivity index (χ3v) is 4.65. The molecule has 2 aromatic heterocycles. The predicted molar refractivity (Wildman–Crippen MR) is 83.0 cm³/mol. The standard InChI is InChI=1S/C15H14N4O2S/c1-16-22(20,21)14-6-2-4-12(8-14)15-10-19(11-18-15)13-5-3-7-17-9-13/h2-11,16H,1H3. The second kappa shape index (κ2) is 5.70. The Kier molecular flexibility index (Phi) is 3.74. The third kappa shape index (κ3) is 2.76. The first kappa shape index (κ1) is 14.4. The van der Waals surface area contributed by atoms with Gasteiger partial charge in [-0.3, -0.25) is 4.98 Å². The maximum Gasteiger partial charge on any atom is 0.240 e. The summed E-state index contributed by atoms with van der Waals surface area (Å²) in [4.78, 5) is 8.61. The van der Waals surface area contributed by atoms with E-state index in [4.69, 9.17) is 0 Å². The van der Waals surface area contributed by atoms with Crippen LogP contribution in [0.15, 0.2) is 66.2 Å². The lowest BCUT2D eigenvalue weighted by Crippen LogP contribution is -2.18. The van der Waals surface area contributed by atoms with Crippen LogP contribution in [-0.4, -0.2) is 30.0 Å². The van der Waals surface area contributed by atoms with E-state index in [1.54, 1.807) is 36.9 Å². The van der Waals surface area contributed by atoms with Crippen molar-refractivity contribution in [3.63, 3.8) is 0 Å². The summed E-state index contributed by atoms with van der Waals surface area (Å²) in [6.45, 7) is 0. The molecule has 0 spiro atoms. The van der Waals surface area contributed by atoms with Crippen LogP contribution in [0.3, 0.4) is 0 Å². The molecular formula is C15H14N4O2S. The number of rotatable bonds is 4. The molecule has 0 radical (unpaired) electrons. The van der Waals surface area contributed by atoms with Crippen LogP contribution in [0.2, 0.25) is 0 Å². The van der Waals surface area contributed by atoms with Crippen molar-refractivity contribution in [2.75, 3.05) is 7.05 Å². The summed E-state index contributed by atoms with van der Waals surface area (Å²) in [6, 6.07) is 10.4. The number of aromatic nitrogens is 3. The fourth-order valence-electron chi connectivity index (χ4n) is 2.06. The molecular weight excluding hydrogens is 300 g/mol. The number of benzene rings is 1. The lowest BCUT2D eigenvalue weighted by atomic mass is 10.2. The van der Waals surface area contributed by atoms with Gasteiger partial charge < -0.3 is 4.57 Å². The minimum atomic E-state index is -3.47. The quantitative estimate of drug-likeness (QED) is 0.797. The largest absolute Gasteiger partial charge is 0.304 e. The average molecular weight is 314 g/mol. The van der Waals surface area contributed by atoms with Gasteiger partial charge in [-0.15, -0.1) is 0 Å². The highest BCUT2D eigenvalue weighted by atomic mass is 32.2. The molecule has 112 valence electrons. The van der Waals surface area contributed by atoms with Gasteiger partial charge in [0.1, 0.15) is 0 Å². The van der Waals surface area contributed by atoms with Crippen LogP contribution >= 0.6 is 0 Å². The van der Waals surface area contributed by atoms with E-state index in [1.807, 2.05) is 29.0 Å². The average Bonchev–Trinajstić information content (AvgIpc) is 3.06. The Morgan fingerprint density at radius 2 is 2.05 bits per heavy atom. The van der Waals surface area contributed by atoms with E-state index >= 15 is 0 Å². The topological polar surface area (TPSA) is 76.9 Å². The van der Waals surface area contributed by atoms with Gasteiger partial charge in [-0.1, -0.05) is 12.1 Å². The van der Waals surface area contributed by atoms with E-state index < -0.39 is 10.0 Å². The molecule has 0 fully saturated rings. The molecule has 0 aliphatic heterocycles. The molecule has 0 saturated carbocycles. The molecule has 0 saturated heterocycles. The van der Waals surface area contributed by atoms with Gasteiger partial charge in [-0.05, 0) is 31.3 Å². The number of nitrogens with zero attached hydrogens (tertiary/aromatic N) is 3. The highest BCUT2D eigenvalue weighted by molar-refractivity contribution is 7.89. The number of imidazole rings is 1. The van der Waals surface area contributed by atoms with E-state index in [9.17, 15) is 8.42 Å². The molecule has 22 heavy (non-hydrogen) atoms. The molecule has 7 heteroatoms. The molecule has 1 aromatic carbocycles. The number of hydrogen-bond donors (Lipinski definition) is 1. The SMILES string of the molecule is CNS(=O)(=O)c1cccc(-c2cn(-c3cccnc3)cn2)c1. The molecule has 1 N–H and O–H groups in total. The van der Waals surface area contributed by atoms with Gasteiger partial charge in [-0.2, -0.15) is 0 Å². The Hall–Kier alpha value is -2.51. The first-order chi connectivity index (χ1) is 10.6. The minimum Gasteiger partial charge on any atom is -0.304 e. The number of sulfonamides is 1. The van der Waals surface area contributed by atoms with Crippen molar-refractivity contribution >= 4 is 10.0 Å². The highest BCUT2D eigenvalue weighted by Crippen LogP contribution is 2.21. The van der Waals surface area contributed by atoms with Gasteiger partial charge >= 0.3 is 0 Å². The van der Waals surface area contributed by atoms with Crippen molar-refractivity contribution in [1.82, 2.24) is 19.3 Å². The van der Waals surface area contributed by atoms with Crippen LogP contribution in [0.4, 0.5) is 0 Å². The fourth-order valence-corrected chi connectivity index (χ4v) is 2.84. The Bertz CT molecular complexity index is 889. The zero-order valence-corrected chi connectivity index (χ0v) is 12.7. The Morgan fingerprint density at radius 1 is 1.18 bits per heavy atom. The molecule has 0 aliphatic rings. The van der Waals surface area contributed by atoms with Gasteiger partial charge in [0.05, 0.1) is 28.8 Å². The normalized spacial score (nSPS) is 11.5. The summed E-state index contributed by atoms with van der Waals surface area (Å²) in [5.41, 5.74) is 2.32. The zero-order chi connectivity index (χ0) is 15.6. The van der Waals surface area contributed by atoms with E-state index in [-0.39, 0.29) is 4.90 Å². The van der Waals surface area contributed by atoms with Crippen LogP contribution < -0.4 is 4.72 Å². The van der Waals surface area contributed by atoms with E-state index in [0.717, 1.165) is 11.3 Å². The van der Waals surface area contributed by atoms with E-state index in [2.05, 4.69) is 14.7 Å². The monoisotopic (exact) mass is 314 g/mol. The van der Waals surface area contributed by atoms with Crippen molar-refractivity contribution in [2.45, 2.75) is 4.90 Å². The van der Waals surface area contributed by atoms with Crippen molar-refractivity contribution in [2.24, 2.45) is 0 Å². The van der Waals surface area contributed by atoms with Crippen molar-refractivity contribution in [3.8, 4) is 16.9 Å². The maximum atomic E-state index is 11.9. The molecule has 0 atom stereocenters. The first-order valence-corrected chi connectivity index (χ1v) is 8.07. The number of hydrogen-bond acceptors (Lipinski definition) is 4. The fraction of sp³-hybridized carbons (Fsp3) is 0.0667. The van der Waals surface area contributed by atoms with Crippen LogP contribution in [0.5, 0.6) is 0 Å². The smallest absolute Gasteiger partial charge is 0.240 e. The van der Waals surface area contributed by atoms with Gasteiger partial charge in [0.25, 0.3) is 0 Å². The number of pyridine rings is 1. The van der Waals surface area contributed by atoms with Crippen molar-refractivity contribution < 1.29 is 8.42 Å². The molecule has 6 nitrogen and oxygen atoms in total. The third-order valence-electron chi connectivity index (χ3n) is 3.24.